The number of fused-ring (bicyclic) bond motifs is 20. The van der Waals surface area contributed by atoms with Gasteiger partial charge in [0.05, 0.1) is 23.3 Å². The van der Waals surface area contributed by atoms with E-state index in [-0.39, 0.29) is 32.6 Å². The van der Waals surface area contributed by atoms with Crippen LogP contribution in [0.3, 0.4) is 0 Å². The fourth-order valence-corrected chi connectivity index (χ4v) is 5.46. The van der Waals surface area contributed by atoms with E-state index in [2.05, 4.69) is 0 Å². The van der Waals surface area contributed by atoms with Crippen LogP contribution in [-0.4, -0.2) is 73.9 Å². The first-order valence-corrected chi connectivity index (χ1v) is 15.9. The Labute approximate surface area is 307 Å². The molecule has 7 aromatic rings. The van der Waals surface area contributed by atoms with Gasteiger partial charge in [-0.05, 0) is 21.5 Å². The Bertz CT molecular complexity index is 2280. The van der Waals surface area contributed by atoms with E-state index in [9.17, 15) is 0 Å². The van der Waals surface area contributed by atoms with Gasteiger partial charge in [0, 0.05) is 44.8 Å². The molecule has 0 atom stereocenters. The molecule has 0 saturated heterocycles. The van der Waals surface area contributed by atoms with Crippen molar-refractivity contribution in [2.75, 3.05) is 0 Å². The van der Waals surface area contributed by atoms with Gasteiger partial charge >= 0.3 is 20.2 Å². The Kier molecular flexibility index (Phi) is 11.2. The van der Waals surface area contributed by atoms with Crippen molar-refractivity contribution >= 4 is 84.2 Å². The monoisotopic (exact) mass is 736 g/mol. The minimum Gasteiger partial charge on any atom is -1.00 e. The van der Waals surface area contributed by atoms with Crippen LogP contribution in [-0.2, 0) is 22.7 Å². The fraction of sp³-hybridized carbons (Fsp3) is 0. The minimum absolute atomic E-state index is 0. The van der Waals surface area contributed by atoms with Gasteiger partial charge in [0.15, 0.2) is 0 Å². The van der Waals surface area contributed by atoms with Gasteiger partial charge in [-0.2, -0.15) is 0 Å². The second-order valence-electron chi connectivity index (χ2n) is 10.1. The summed E-state index contributed by atoms with van der Waals surface area (Å²) in [6, 6.07) is 31.8. The van der Waals surface area contributed by atoms with Crippen LogP contribution >= 0.6 is 0 Å². The molecule has 0 radical (unpaired) electrons. The Morgan fingerprint density at radius 1 is 0.420 bits per heavy atom. The molecule has 14 nitrogen and oxygen atoms in total. The SMILES string of the molecule is O=S([O-])[O-].O=S([O-])[O-].[Al+3].[Cl-].[H+].[H+].c1ccc2c(c1)-c1nc-2nc2[n-]c(nc3nc(nc4[n-]c(n1)c1ccccc41)-c1ccccc1-3)c1ccccc21. The summed E-state index contributed by atoms with van der Waals surface area (Å²) in [6.45, 7) is 0. The first kappa shape index (κ1) is 36.5. The second kappa shape index (κ2) is 15.4. The predicted octanol–water partition coefficient (Wildman–Crippen LogP) is 0.967. The molecule has 0 fully saturated rings. The zero-order valence-corrected chi connectivity index (χ0v) is 28.6. The minimum atomic E-state index is -3.11. The molecule has 3 aromatic heterocycles. The first-order chi connectivity index (χ1) is 23.3. The van der Waals surface area contributed by atoms with Crippen molar-refractivity contribution in [1.82, 2.24) is 39.9 Å². The van der Waals surface area contributed by atoms with Crippen molar-refractivity contribution in [2.45, 2.75) is 0 Å². The third-order valence-corrected chi connectivity index (χ3v) is 7.33. The molecule has 0 N–H and O–H groups in total. The quantitative estimate of drug-likeness (QED) is 0.156. The molecular weight excluding hydrogens is 719 g/mol. The molecule has 2 aliphatic rings. The van der Waals surface area contributed by atoms with Crippen molar-refractivity contribution in [2.24, 2.45) is 0 Å². The molecule has 0 saturated carbocycles. The van der Waals surface area contributed by atoms with E-state index in [4.69, 9.17) is 66.5 Å². The summed E-state index contributed by atoms with van der Waals surface area (Å²) >= 11 is -6.22. The van der Waals surface area contributed by atoms with Crippen molar-refractivity contribution in [3.63, 3.8) is 0 Å². The largest absolute Gasteiger partial charge is 3.00 e. The molecule has 50 heavy (non-hydrogen) atoms. The molecule has 5 heterocycles. The number of rotatable bonds is 0. The van der Waals surface area contributed by atoms with Crippen molar-refractivity contribution in [3.8, 4) is 45.6 Å². The summed E-state index contributed by atoms with van der Waals surface area (Å²) < 4.78 is 50.7. The van der Waals surface area contributed by atoms with E-state index < -0.39 is 22.7 Å². The third kappa shape index (κ3) is 7.22. The Morgan fingerprint density at radius 3 is 0.840 bits per heavy atom. The molecule has 2 aliphatic heterocycles. The van der Waals surface area contributed by atoms with E-state index in [1.54, 1.807) is 0 Å². The van der Waals surface area contributed by atoms with Crippen LogP contribution in [0.5, 0.6) is 0 Å². The predicted molar refractivity (Wildman–Crippen MR) is 181 cm³/mol. The van der Waals surface area contributed by atoms with Crippen LogP contribution < -0.4 is 22.4 Å². The second-order valence-corrected chi connectivity index (χ2v) is 10.9. The summed E-state index contributed by atoms with van der Waals surface area (Å²) in [5.74, 6) is 2.21. The van der Waals surface area contributed by atoms with E-state index in [0.29, 0.717) is 45.9 Å². The maximum absolute atomic E-state index is 8.44. The zero-order chi connectivity index (χ0) is 33.4. The molecule has 8 bridgehead atoms. The van der Waals surface area contributed by atoms with Crippen LogP contribution in [0.2, 0.25) is 0 Å². The van der Waals surface area contributed by atoms with Crippen LogP contribution in [0.4, 0.5) is 0 Å². The first-order valence-electron chi connectivity index (χ1n) is 13.9. The maximum Gasteiger partial charge on any atom is 3.00 e. The third-order valence-electron chi connectivity index (χ3n) is 7.33. The van der Waals surface area contributed by atoms with Crippen molar-refractivity contribution in [3.05, 3.63) is 97.1 Å². The number of halogens is 1. The number of aromatic nitrogens is 8. The average Bonchev–Trinajstić information content (AvgIpc) is 3.80. The Morgan fingerprint density at radius 2 is 0.620 bits per heavy atom. The molecule has 0 unspecified atom stereocenters. The van der Waals surface area contributed by atoms with E-state index in [1.165, 1.54) is 0 Å². The normalized spacial score (nSPS) is 11.0. The van der Waals surface area contributed by atoms with Gasteiger partial charge in [0.1, 0.15) is 0 Å². The average molecular weight is 737 g/mol. The molecule has 246 valence electrons. The molecule has 9 rings (SSSR count). The molecule has 4 aromatic carbocycles. The van der Waals surface area contributed by atoms with Gasteiger partial charge < -0.3 is 60.5 Å². The van der Waals surface area contributed by atoms with Gasteiger partial charge in [-0.25, -0.2) is 9.97 Å². The van der Waals surface area contributed by atoms with E-state index >= 15 is 0 Å². The van der Waals surface area contributed by atoms with Gasteiger partial charge in [-0.3, -0.25) is 8.42 Å². The number of hydrogen-bond acceptors (Lipinski definition) is 12. The molecule has 0 amide bonds. The fourth-order valence-electron chi connectivity index (χ4n) is 5.46. The van der Waals surface area contributed by atoms with Gasteiger partial charge in [0.2, 0.25) is 0 Å². The van der Waals surface area contributed by atoms with Crippen molar-refractivity contribution < 1.29 is 41.9 Å². The number of nitrogens with zero attached hydrogens (tertiary/aromatic N) is 8. The van der Waals surface area contributed by atoms with E-state index in [0.717, 1.165) is 43.8 Å². The van der Waals surface area contributed by atoms with Crippen molar-refractivity contribution in [1.29, 1.82) is 0 Å². The summed E-state index contributed by atoms with van der Waals surface area (Å²) in [7, 11) is 0. The standard InChI is InChI=1S/C32H16N8.Al.ClH.2H2O3S/c1-2-10-18-17(9-1)25-33-26(18)38-28-21-13-5-6-14-22(21)30(35-28)40-32-24-16-8-7-15-23(24)31(36-32)39-29-20-12-4-3-11-19(20)27(34-29)37-25;;;2*1-4(2)3/h1-16H;;1H;2*(H2,1,2,3)/q-2;+3;;;/p-3. The maximum atomic E-state index is 8.44. The molecule has 0 spiro atoms. The van der Waals surface area contributed by atoms with Gasteiger partial charge in [-0.15, -0.1) is 22.7 Å². The Balaban J connectivity index is 0.000000557. The summed E-state index contributed by atoms with van der Waals surface area (Å²) in [4.78, 5) is 39.3. The zero-order valence-electron chi connectivity index (χ0n) is 27.0. The van der Waals surface area contributed by atoms with Crippen LogP contribution in [0, 0.1) is 0 Å². The summed E-state index contributed by atoms with van der Waals surface area (Å²) in [5, 5.41) is 3.57. The summed E-state index contributed by atoms with van der Waals surface area (Å²) in [6.07, 6.45) is 0. The molecule has 18 heteroatoms. The van der Waals surface area contributed by atoms with E-state index in [1.807, 2.05) is 97.1 Å². The van der Waals surface area contributed by atoms with Gasteiger partial charge in [-0.1, -0.05) is 97.1 Å². The number of benzene rings is 4. The smallest absolute Gasteiger partial charge is 1.00 e. The Hall–Kier alpha value is -4.80. The topological polar surface area (TPSA) is 232 Å². The molecule has 0 aliphatic carbocycles. The summed E-state index contributed by atoms with van der Waals surface area (Å²) in [5.41, 5.74) is 5.78. The van der Waals surface area contributed by atoms with Crippen LogP contribution in [0.25, 0.3) is 89.7 Å². The van der Waals surface area contributed by atoms with Crippen LogP contribution in [0.1, 0.15) is 2.85 Å². The van der Waals surface area contributed by atoms with Gasteiger partial charge in [0.25, 0.3) is 0 Å². The van der Waals surface area contributed by atoms with Crippen LogP contribution in [0.15, 0.2) is 97.1 Å². The number of hydrogen-bond donors (Lipinski definition) is 0. The molecular formula is C32H18AlClN8O6S2-2.